The number of ether oxygens (including phenoxy) is 1. The molecule has 1 aliphatic rings. The quantitative estimate of drug-likeness (QED) is 0.801. The average Bonchev–Trinajstić information content (AvgIpc) is 3.13. The molecular weight excluding hydrogens is 236 g/mol. The minimum Gasteiger partial charge on any atom is -0.398 e. The third-order valence-corrected chi connectivity index (χ3v) is 3.41. The number of nitrogens with zero attached hydrogens (tertiary/aromatic N) is 1. The first-order valence-corrected chi connectivity index (χ1v) is 7.17. The molecule has 0 aromatic heterocycles. The highest BCUT2D eigenvalue weighted by Gasteiger charge is 2.29. The van der Waals surface area contributed by atoms with E-state index < -0.39 is 0 Å². The van der Waals surface area contributed by atoms with Crippen LogP contribution in [0.25, 0.3) is 0 Å². The monoisotopic (exact) mass is 262 g/mol. The van der Waals surface area contributed by atoms with Crippen LogP contribution >= 0.6 is 0 Å². The second-order valence-electron chi connectivity index (χ2n) is 6.36. The zero-order valence-electron chi connectivity index (χ0n) is 12.4. The summed E-state index contributed by atoms with van der Waals surface area (Å²) in [7, 11) is 0. The first kappa shape index (κ1) is 14.4. The molecule has 3 heteroatoms. The van der Waals surface area contributed by atoms with Crippen molar-refractivity contribution < 1.29 is 4.74 Å². The van der Waals surface area contributed by atoms with Gasteiger partial charge in [0.05, 0.1) is 12.2 Å². The van der Waals surface area contributed by atoms with E-state index in [-0.39, 0.29) is 5.60 Å². The summed E-state index contributed by atoms with van der Waals surface area (Å²) < 4.78 is 5.83. The fourth-order valence-corrected chi connectivity index (χ4v) is 2.20. The van der Waals surface area contributed by atoms with Crippen LogP contribution in [0.2, 0.25) is 0 Å². The Hall–Kier alpha value is -1.06. The Balaban J connectivity index is 1.88. The second kappa shape index (κ2) is 5.93. The maximum Gasteiger partial charge on any atom is 0.0600 e. The molecule has 1 saturated carbocycles. The first-order valence-electron chi connectivity index (χ1n) is 7.17. The molecule has 106 valence electrons. The number of nitrogens with two attached hydrogens (primary N) is 1. The van der Waals surface area contributed by atoms with Crippen molar-refractivity contribution in [2.24, 2.45) is 0 Å². The maximum atomic E-state index is 6.03. The van der Waals surface area contributed by atoms with Gasteiger partial charge in [-0.2, -0.15) is 0 Å². The van der Waals surface area contributed by atoms with Crippen molar-refractivity contribution in [3.05, 3.63) is 29.8 Å². The number of benzene rings is 1. The van der Waals surface area contributed by atoms with Gasteiger partial charge >= 0.3 is 0 Å². The van der Waals surface area contributed by atoms with E-state index in [0.29, 0.717) is 0 Å². The van der Waals surface area contributed by atoms with Crippen molar-refractivity contribution in [2.75, 3.05) is 18.9 Å². The third-order valence-electron chi connectivity index (χ3n) is 3.41. The highest BCUT2D eigenvalue weighted by molar-refractivity contribution is 5.46. The van der Waals surface area contributed by atoms with Crippen LogP contribution in [0, 0.1) is 0 Å². The predicted octanol–water partition coefficient (Wildman–Crippen LogP) is 3.05. The lowest BCUT2D eigenvalue weighted by atomic mass is 10.1. The van der Waals surface area contributed by atoms with Crippen LogP contribution in [0.5, 0.6) is 0 Å². The van der Waals surface area contributed by atoms with E-state index in [1.807, 2.05) is 12.1 Å². The summed E-state index contributed by atoms with van der Waals surface area (Å²) >= 11 is 0. The number of rotatable bonds is 6. The van der Waals surface area contributed by atoms with Crippen molar-refractivity contribution in [2.45, 2.75) is 51.8 Å². The second-order valence-corrected chi connectivity index (χ2v) is 6.36. The van der Waals surface area contributed by atoms with Crippen molar-refractivity contribution in [3.8, 4) is 0 Å². The van der Waals surface area contributed by atoms with E-state index in [1.54, 1.807) is 0 Å². The Morgan fingerprint density at radius 1 is 1.26 bits per heavy atom. The number of para-hydroxylation sites is 1. The summed E-state index contributed by atoms with van der Waals surface area (Å²) in [5.41, 5.74) is 8.10. The zero-order chi connectivity index (χ0) is 13.9. The smallest absolute Gasteiger partial charge is 0.0600 e. The number of anilines is 1. The van der Waals surface area contributed by atoms with Gasteiger partial charge in [0.25, 0.3) is 0 Å². The molecule has 0 heterocycles. The van der Waals surface area contributed by atoms with Crippen molar-refractivity contribution in [1.29, 1.82) is 0 Å². The Morgan fingerprint density at radius 3 is 2.53 bits per heavy atom. The normalized spacial score (nSPS) is 16.0. The molecule has 3 nitrogen and oxygen atoms in total. The fourth-order valence-electron chi connectivity index (χ4n) is 2.20. The molecule has 0 spiro atoms. The summed E-state index contributed by atoms with van der Waals surface area (Å²) in [6, 6.07) is 8.87. The van der Waals surface area contributed by atoms with E-state index >= 15 is 0 Å². The molecule has 0 aliphatic heterocycles. The topological polar surface area (TPSA) is 38.5 Å². The summed E-state index contributed by atoms with van der Waals surface area (Å²) in [6.07, 6.45) is 2.62. The Bertz CT molecular complexity index is 407. The lowest BCUT2D eigenvalue weighted by Gasteiger charge is -2.26. The minimum absolute atomic E-state index is 0.0546. The van der Waals surface area contributed by atoms with Gasteiger partial charge in [0.1, 0.15) is 0 Å². The minimum atomic E-state index is -0.0546. The van der Waals surface area contributed by atoms with Gasteiger partial charge in [-0.05, 0) is 45.2 Å². The third kappa shape index (κ3) is 4.84. The Labute approximate surface area is 116 Å². The van der Waals surface area contributed by atoms with Crippen LogP contribution < -0.4 is 5.73 Å². The largest absolute Gasteiger partial charge is 0.398 e. The molecule has 1 aromatic carbocycles. The molecule has 0 saturated heterocycles. The van der Waals surface area contributed by atoms with E-state index in [0.717, 1.165) is 31.4 Å². The molecule has 1 aromatic rings. The summed E-state index contributed by atoms with van der Waals surface area (Å²) in [6.45, 7) is 9.00. The predicted molar refractivity (Wildman–Crippen MR) is 80.0 cm³/mol. The molecule has 1 fully saturated rings. The highest BCUT2D eigenvalue weighted by Crippen LogP contribution is 2.29. The molecule has 0 atom stereocenters. The van der Waals surface area contributed by atoms with Crippen LogP contribution in [-0.4, -0.2) is 29.7 Å². The Kier molecular flexibility index (Phi) is 4.48. The maximum absolute atomic E-state index is 6.03. The molecule has 19 heavy (non-hydrogen) atoms. The van der Waals surface area contributed by atoms with E-state index in [4.69, 9.17) is 10.5 Å². The lowest BCUT2D eigenvalue weighted by Crippen LogP contribution is -2.32. The molecular formula is C16H26N2O. The van der Waals surface area contributed by atoms with Gasteiger partial charge < -0.3 is 10.5 Å². The molecule has 0 unspecified atom stereocenters. The lowest BCUT2D eigenvalue weighted by molar-refractivity contribution is -0.0148. The average molecular weight is 262 g/mol. The van der Waals surface area contributed by atoms with E-state index in [1.165, 1.54) is 18.4 Å². The molecule has 0 bridgehead atoms. The summed E-state index contributed by atoms with van der Waals surface area (Å²) in [5, 5.41) is 0. The van der Waals surface area contributed by atoms with Crippen LogP contribution in [0.3, 0.4) is 0 Å². The van der Waals surface area contributed by atoms with Crippen LogP contribution in [0.15, 0.2) is 24.3 Å². The van der Waals surface area contributed by atoms with Gasteiger partial charge in [-0.25, -0.2) is 0 Å². The standard InChI is InChI=1S/C16H26N2O/c1-16(2,3)19-11-10-18(14-8-9-14)12-13-6-4-5-7-15(13)17/h4-7,14H,8-12,17H2,1-3H3. The summed E-state index contributed by atoms with van der Waals surface area (Å²) in [4.78, 5) is 2.50. The van der Waals surface area contributed by atoms with Crippen molar-refractivity contribution in [1.82, 2.24) is 4.90 Å². The SMILES string of the molecule is CC(C)(C)OCCN(Cc1ccccc1N)C1CC1. The van der Waals surface area contributed by atoms with Gasteiger partial charge in [-0.15, -0.1) is 0 Å². The molecule has 2 rings (SSSR count). The molecule has 0 amide bonds. The number of nitrogen functional groups attached to an aromatic ring is 1. The van der Waals surface area contributed by atoms with Gasteiger partial charge in [0, 0.05) is 24.8 Å². The number of hydrogen-bond donors (Lipinski definition) is 1. The van der Waals surface area contributed by atoms with Crippen LogP contribution in [-0.2, 0) is 11.3 Å². The number of hydrogen-bond acceptors (Lipinski definition) is 3. The van der Waals surface area contributed by atoms with Crippen LogP contribution in [0.4, 0.5) is 5.69 Å². The molecule has 1 aliphatic carbocycles. The molecule has 2 N–H and O–H groups in total. The Morgan fingerprint density at radius 2 is 1.95 bits per heavy atom. The first-order chi connectivity index (χ1) is 8.96. The van der Waals surface area contributed by atoms with Gasteiger partial charge in [-0.1, -0.05) is 18.2 Å². The van der Waals surface area contributed by atoms with Crippen molar-refractivity contribution in [3.63, 3.8) is 0 Å². The van der Waals surface area contributed by atoms with E-state index in [9.17, 15) is 0 Å². The van der Waals surface area contributed by atoms with Gasteiger partial charge in [0.2, 0.25) is 0 Å². The summed E-state index contributed by atoms with van der Waals surface area (Å²) in [5.74, 6) is 0. The molecule has 0 radical (unpaired) electrons. The zero-order valence-corrected chi connectivity index (χ0v) is 12.4. The van der Waals surface area contributed by atoms with E-state index in [2.05, 4.69) is 37.8 Å². The van der Waals surface area contributed by atoms with Crippen molar-refractivity contribution >= 4 is 5.69 Å². The van der Waals surface area contributed by atoms with Gasteiger partial charge in [0.15, 0.2) is 0 Å². The highest BCUT2D eigenvalue weighted by atomic mass is 16.5. The fraction of sp³-hybridized carbons (Fsp3) is 0.625. The van der Waals surface area contributed by atoms with Crippen LogP contribution in [0.1, 0.15) is 39.2 Å². The van der Waals surface area contributed by atoms with Gasteiger partial charge in [-0.3, -0.25) is 4.90 Å².